The fourth-order valence-electron chi connectivity index (χ4n) is 1.73. The van der Waals surface area contributed by atoms with Crippen molar-refractivity contribution >= 4 is 6.09 Å². The lowest BCUT2D eigenvalue weighted by Gasteiger charge is -2.14. The fraction of sp³-hybridized carbons (Fsp3) is 0.364. The van der Waals surface area contributed by atoms with Crippen LogP contribution in [-0.2, 0) is 10.9 Å². The van der Waals surface area contributed by atoms with Gasteiger partial charge in [0.15, 0.2) is 0 Å². The molecule has 17 heavy (non-hydrogen) atoms. The van der Waals surface area contributed by atoms with Crippen LogP contribution in [0.15, 0.2) is 24.3 Å². The number of halogens is 3. The maximum absolute atomic E-state index is 12.3. The van der Waals surface area contributed by atoms with Crippen molar-refractivity contribution in [2.24, 2.45) is 0 Å². The molecular weight excluding hydrogens is 235 g/mol. The van der Waals surface area contributed by atoms with Crippen LogP contribution in [0.3, 0.4) is 0 Å². The minimum Gasteiger partial charge on any atom is -0.439 e. The van der Waals surface area contributed by atoms with E-state index in [1.54, 1.807) is 6.92 Å². The molecule has 1 aliphatic rings. The molecule has 1 heterocycles. The zero-order valence-electron chi connectivity index (χ0n) is 8.91. The Morgan fingerprint density at radius 1 is 1.24 bits per heavy atom. The Bertz CT molecular complexity index is 427. The van der Waals surface area contributed by atoms with Gasteiger partial charge in [0.25, 0.3) is 0 Å². The van der Waals surface area contributed by atoms with E-state index < -0.39 is 23.9 Å². The predicted molar refractivity (Wildman–Crippen MR) is 53.3 cm³/mol. The van der Waals surface area contributed by atoms with Crippen molar-refractivity contribution in [1.29, 1.82) is 0 Å². The number of carbonyl (C=O) groups excluding carboxylic acids is 1. The van der Waals surface area contributed by atoms with E-state index in [9.17, 15) is 18.0 Å². The highest BCUT2D eigenvalue weighted by Crippen LogP contribution is 2.32. The zero-order valence-corrected chi connectivity index (χ0v) is 8.91. The van der Waals surface area contributed by atoms with Crippen LogP contribution in [-0.4, -0.2) is 12.1 Å². The van der Waals surface area contributed by atoms with Gasteiger partial charge in [0.2, 0.25) is 0 Å². The van der Waals surface area contributed by atoms with Crippen molar-refractivity contribution in [3.05, 3.63) is 35.4 Å². The topological polar surface area (TPSA) is 38.3 Å². The minimum absolute atomic E-state index is 0.251. The minimum atomic E-state index is -4.35. The molecule has 6 heteroatoms. The first-order valence-corrected chi connectivity index (χ1v) is 5.02. The van der Waals surface area contributed by atoms with Crippen molar-refractivity contribution in [2.75, 3.05) is 0 Å². The third-order valence-electron chi connectivity index (χ3n) is 2.60. The second-order valence-corrected chi connectivity index (χ2v) is 3.88. The molecule has 1 fully saturated rings. The summed E-state index contributed by atoms with van der Waals surface area (Å²) in [5.41, 5.74) is -0.171. The summed E-state index contributed by atoms with van der Waals surface area (Å²) in [5, 5.41) is 2.53. The summed E-state index contributed by atoms with van der Waals surface area (Å²) >= 11 is 0. The number of rotatable bonds is 1. The molecule has 0 aliphatic carbocycles. The molecule has 3 nitrogen and oxygen atoms in total. The molecule has 1 aromatic carbocycles. The van der Waals surface area contributed by atoms with E-state index in [-0.39, 0.29) is 6.04 Å². The average molecular weight is 245 g/mol. The largest absolute Gasteiger partial charge is 0.439 e. The summed E-state index contributed by atoms with van der Waals surface area (Å²) in [6.07, 6.45) is -5.44. The number of ether oxygens (including phenoxy) is 1. The van der Waals surface area contributed by atoms with Gasteiger partial charge in [-0.15, -0.1) is 0 Å². The molecule has 2 atom stereocenters. The molecule has 0 spiro atoms. The molecule has 0 saturated carbocycles. The van der Waals surface area contributed by atoms with E-state index in [0.717, 1.165) is 12.1 Å². The fourth-order valence-corrected chi connectivity index (χ4v) is 1.73. The average Bonchev–Trinajstić information content (AvgIpc) is 2.57. The predicted octanol–water partition coefficient (Wildman–Crippen LogP) is 2.87. The smallest absolute Gasteiger partial charge is 0.416 e. The van der Waals surface area contributed by atoms with Gasteiger partial charge in [0, 0.05) is 0 Å². The normalized spacial score (nSPS) is 24.4. The first kappa shape index (κ1) is 11.8. The van der Waals surface area contributed by atoms with Crippen LogP contribution in [0, 0.1) is 0 Å². The lowest BCUT2D eigenvalue weighted by Crippen LogP contribution is -2.23. The summed E-state index contributed by atoms with van der Waals surface area (Å²) in [6.45, 7) is 1.73. The lowest BCUT2D eigenvalue weighted by molar-refractivity contribution is -0.137. The Labute approximate surface area is 95.6 Å². The third kappa shape index (κ3) is 2.35. The Morgan fingerprint density at radius 3 is 2.24 bits per heavy atom. The van der Waals surface area contributed by atoms with E-state index >= 15 is 0 Å². The number of carbonyl (C=O) groups is 1. The van der Waals surface area contributed by atoms with E-state index in [0.29, 0.717) is 5.56 Å². The zero-order chi connectivity index (χ0) is 12.6. The van der Waals surface area contributed by atoms with Gasteiger partial charge in [-0.1, -0.05) is 12.1 Å². The molecule has 0 radical (unpaired) electrons. The van der Waals surface area contributed by atoms with Crippen LogP contribution in [0.1, 0.15) is 24.2 Å². The number of hydrogen-bond donors (Lipinski definition) is 1. The molecule has 1 aromatic rings. The number of alkyl halides is 3. The number of cyclic esters (lactones) is 1. The number of nitrogens with one attached hydrogen (secondary N) is 1. The van der Waals surface area contributed by atoms with Crippen LogP contribution in [0.4, 0.5) is 18.0 Å². The molecule has 92 valence electrons. The molecular formula is C11H10F3NO2. The van der Waals surface area contributed by atoms with Gasteiger partial charge in [-0.2, -0.15) is 13.2 Å². The molecule has 1 amide bonds. The number of benzene rings is 1. The van der Waals surface area contributed by atoms with Gasteiger partial charge in [-0.25, -0.2) is 4.79 Å². The van der Waals surface area contributed by atoms with E-state index in [1.165, 1.54) is 12.1 Å². The van der Waals surface area contributed by atoms with Gasteiger partial charge in [0.05, 0.1) is 11.6 Å². The van der Waals surface area contributed by atoms with Crippen molar-refractivity contribution in [2.45, 2.75) is 25.2 Å². The van der Waals surface area contributed by atoms with E-state index in [4.69, 9.17) is 4.74 Å². The first-order valence-electron chi connectivity index (χ1n) is 5.02. The molecule has 0 aromatic heterocycles. The summed E-state index contributed by atoms with van der Waals surface area (Å²) < 4.78 is 42.0. The highest BCUT2D eigenvalue weighted by Gasteiger charge is 2.33. The Morgan fingerprint density at radius 2 is 1.82 bits per heavy atom. The van der Waals surface area contributed by atoms with Gasteiger partial charge in [-0.05, 0) is 24.6 Å². The number of amides is 1. The maximum Gasteiger partial charge on any atom is 0.416 e. The summed E-state index contributed by atoms with van der Waals surface area (Å²) in [5.74, 6) is 0. The number of alkyl carbamates (subject to hydrolysis) is 1. The van der Waals surface area contributed by atoms with Gasteiger partial charge in [-0.3, -0.25) is 0 Å². The summed E-state index contributed by atoms with van der Waals surface area (Å²) in [6, 6.07) is 4.36. The third-order valence-corrected chi connectivity index (χ3v) is 2.60. The molecule has 2 rings (SSSR count). The van der Waals surface area contributed by atoms with Gasteiger partial charge in [0.1, 0.15) is 6.10 Å². The highest BCUT2D eigenvalue weighted by molar-refractivity contribution is 5.70. The quantitative estimate of drug-likeness (QED) is 0.826. The van der Waals surface area contributed by atoms with Gasteiger partial charge < -0.3 is 10.1 Å². The van der Waals surface area contributed by atoms with Crippen molar-refractivity contribution in [1.82, 2.24) is 5.32 Å². The van der Waals surface area contributed by atoms with E-state index in [2.05, 4.69) is 5.32 Å². The lowest BCUT2D eigenvalue weighted by atomic mass is 10.0. The molecule has 1 N–H and O–H groups in total. The molecule has 1 saturated heterocycles. The molecule has 1 aliphatic heterocycles. The van der Waals surface area contributed by atoms with Crippen LogP contribution < -0.4 is 5.32 Å². The van der Waals surface area contributed by atoms with Crippen LogP contribution >= 0.6 is 0 Å². The number of hydrogen-bond acceptors (Lipinski definition) is 2. The van der Waals surface area contributed by atoms with Crippen molar-refractivity contribution < 1.29 is 22.7 Å². The first-order chi connectivity index (χ1) is 7.88. The molecule has 1 unspecified atom stereocenters. The van der Waals surface area contributed by atoms with Crippen LogP contribution in [0.5, 0.6) is 0 Å². The van der Waals surface area contributed by atoms with Crippen LogP contribution in [0.2, 0.25) is 0 Å². The molecule has 0 bridgehead atoms. The SMILES string of the molecule is C[C@@H]1NC(=O)OC1c1ccc(C(F)(F)F)cc1. The summed E-state index contributed by atoms with van der Waals surface area (Å²) in [7, 11) is 0. The Balaban J connectivity index is 2.21. The highest BCUT2D eigenvalue weighted by atomic mass is 19.4. The Kier molecular flexibility index (Phi) is 2.73. The summed E-state index contributed by atoms with van der Waals surface area (Å²) in [4.78, 5) is 11.0. The van der Waals surface area contributed by atoms with Crippen LogP contribution in [0.25, 0.3) is 0 Å². The Hall–Kier alpha value is -1.72. The second kappa shape index (κ2) is 3.94. The second-order valence-electron chi connectivity index (χ2n) is 3.88. The monoisotopic (exact) mass is 245 g/mol. The van der Waals surface area contributed by atoms with Crippen molar-refractivity contribution in [3.63, 3.8) is 0 Å². The van der Waals surface area contributed by atoms with Gasteiger partial charge >= 0.3 is 12.3 Å². The maximum atomic E-state index is 12.3. The van der Waals surface area contributed by atoms with Crippen molar-refractivity contribution in [3.8, 4) is 0 Å². The van der Waals surface area contributed by atoms with E-state index in [1.807, 2.05) is 0 Å². The standard InChI is InChI=1S/C11H10F3NO2/c1-6-9(17-10(16)15-6)7-2-4-8(5-3-7)11(12,13)14/h2-6,9H,1H3,(H,15,16)/t6-,9?/m0/s1.